The van der Waals surface area contributed by atoms with Crippen molar-refractivity contribution in [1.29, 1.82) is 0 Å². The van der Waals surface area contributed by atoms with Crippen molar-refractivity contribution < 1.29 is 0 Å². The molecule has 0 saturated heterocycles. The number of thioether (sulfide) groups is 1. The van der Waals surface area contributed by atoms with Crippen LogP contribution in [0.4, 0.5) is 0 Å². The summed E-state index contributed by atoms with van der Waals surface area (Å²) in [7, 11) is 0. The maximum Gasteiger partial charge on any atom is 0.00719 e. The molecular formula is C17H29NS. The molecule has 1 aromatic rings. The minimum Gasteiger partial charge on any atom is -0.316 e. The molecule has 0 aromatic heterocycles. The lowest BCUT2D eigenvalue weighted by atomic mass is 9.86. The minimum atomic E-state index is 0.436. The van der Waals surface area contributed by atoms with E-state index in [1.807, 2.05) is 11.8 Å². The molecule has 0 atom stereocenters. The summed E-state index contributed by atoms with van der Waals surface area (Å²) in [5.74, 6) is 1.96. The molecule has 0 spiro atoms. The van der Waals surface area contributed by atoms with Crippen LogP contribution in [0.2, 0.25) is 0 Å². The van der Waals surface area contributed by atoms with E-state index in [1.54, 1.807) is 0 Å². The molecule has 0 fully saturated rings. The van der Waals surface area contributed by atoms with Crippen LogP contribution in [0.25, 0.3) is 0 Å². The van der Waals surface area contributed by atoms with Crippen LogP contribution in [0.5, 0.6) is 0 Å². The normalized spacial score (nSPS) is 12.1. The molecule has 0 heterocycles. The summed E-state index contributed by atoms with van der Waals surface area (Å²) >= 11 is 1.97. The highest BCUT2D eigenvalue weighted by Gasteiger charge is 2.16. The lowest BCUT2D eigenvalue weighted by molar-refractivity contribution is 0.315. The first-order valence-corrected chi connectivity index (χ1v) is 8.37. The third-order valence-corrected chi connectivity index (χ3v) is 4.34. The SMILES string of the molecule is CC(C)CNCCC(C)(C)CCSc1ccccc1. The molecule has 0 saturated carbocycles. The Hall–Kier alpha value is -0.470. The topological polar surface area (TPSA) is 12.0 Å². The van der Waals surface area contributed by atoms with E-state index < -0.39 is 0 Å². The van der Waals surface area contributed by atoms with E-state index in [0.717, 1.165) is 19.0 Å². The van der Waals surface area contributed by atoms with Gasteiger partial charge in [-0.2, -0.15) is 0 Å². The number of hydrogen-bond acceptors (Lipinski definition) is 2. The molecule has 19 heavy (non-hydrogen) atoms. The van der Waals surface area contributed by atoms with Crippen molar-refractivity contribution in [3.05, 3.63) is 30.3 Å². The van der Waals surface area contributed by atoms with Gasteiger partial charge in [-0.25, -0.2) is 0 Å². The van der Waals surface area contributed by atoms with Crippen molar-refractivity contribution in [2.24, 2.45) is 11.3 Å². The highest BCUT2D eigenvalue weighted by Crippen LogP contribution is 2.28. The Kier molecular flexibility index (Phi) is 7.55. The van der Waals surface area contributed by atoms with Gasteiger partial charge in [0, 0.05) is 4.90 Å². The van der Waals surface area contributed by atoms with Crippen molar-refractivity contribution in [3.63, 3.8) is 0 Å². The van der Waals surface area contributed by atoms with Crippen LogP contribution in [0.15, 0.2) is 35.2 Å². The maximum absolute atomic E-state index is 3.54. The fourth-order valence-electron chi connectivity index (χ4n) is 1.90. The zero-order valence-corrected chi connectivity index (χ0v) is 13.7. The van der Waals surface area contributed by atoms with Gasteiger partial charge in [0.1, 0.15) is 0 Å². The summed E-state index contributed by atoms with van der Waals surface area (Å²) in [5.41, 5.74) is 0.436. The second-order valence-electron chi connectivity index (χ2n) is 6.42. The van der Waals surface area contributed by atoms with E-state index in [1.165, 1.54) is 23.5 Å². The first kappa shape index (κ1) is 16.6. The van der Waals surface area contributed by atoms with Gasteiger partial charge >= 0.3 is 0 Å². The van der Waals surface area contributed by atoms with E-state index in [0.29, 0.717) is 5.41 Å². The molecule has 0 bridgehead atoms. The van der Waals surface area contributed by atoms with Gasteiger partial charge in [-0.05, 0) is 55.1 Å². The van der Waals surface area contributed by atoms with Crippen LogP contribution < -0.4 is 5.32 Å². The molecule has 0 amide bonds. The Bertz CT molecular complexity index is 332. The fourth-order valence-corrected chi connectivity index (χ4v) is 3.14. The smallest absolute Gasteiger partial charge is 0.00719 e. The Morgan fingerprint density at radius 3 is 2.42 bits per heavy atom. The van der Waals surface area contributed by atoms with Crippen molar-refractivity contribution >= 4 is 11.8 Å². The van der Waals surface area contributed by atoms with Crippen molar-refractivity contribution in [1.82, 2.24) is 5.32 Å². The van der Waals surface area contributed by atoms with Gasteiger partial charge in [-0.15, -0.1) is 11.8 Å². The number of rotatable bonds is 9. The lowest BCUT2D eigenvalue weighted by Crippen LogP contribution is -2.25. The number of hydrogen-bond donors (Lipinski definition) is 1. The van der Waals surface area contributed by atoms with E-state index in [-0.39, 0.29) is 0 Å². The first-order chi connectivity index (χ1) is 8.99. The van der Waals surface area contributed by atoms with E-state index in [4.69, 9.17) is 0 Å². The first-order valence-electron chi connectivity index (χ1n) is 7.38. The maximum atomic E-state index is 3.54. The Balaban J connectivity index is 2.16. The third-order valence-electron chi connectivity index (χ3n) is 3.32. The highest BCUT2D eigenvalue weighted by molar-refractivity contribution is 7.99. The average Bonchev–Trinajstić information content (AvgIpc) is 2.36. The number of benzene rings is 1. The monoisotopic (exact) mass is 279 g/mol. The Morgan fingerprint density at radius 1 is 1.11 bits per heavy atom. The summed E-state index contributed by atoms with van der Waals surface area (Å²) in [5, 5.41) is 3.54. The van der Waals surface area contributed by atoms with Crippen LogP contribution in [0.1, 0.15) is 40.5 Å². The Labute approximate surface area is 123 Å². The second kappa shape index (κ2) is 8.65. The minimum absolute atomic E-state index is 0.436. The van der Waals surface area contributed by atoms with Crippen molar-refractivity contribution in [2.45, 2.75) is 45.4 Å². The van der Waals surface area contributed by atoms with E-state index in [2.05, 4.69) is 63.3 Å². The van der Waals surface area contributed by atoms with Gasteiger partial charge in [0.05, 0.1) is 0 Å². The highest BCUT2D eigenvalue weighted by atomic mass is 32.2. The predicted molar refractivity (Wildman–Crippen MR) is 87.9 cm³/mol. The molecule has 0 radical (unpaired) electrons. The van der Waals surface area contributed by atoms with Crippen molar-refractivity contribution in [3.8, 4) is 0 Å². The van der Waals surface area contributed by atoms with Crippen LogP contribution in [0, 0.1) is 11.3 Å². The molecule has 108 valence electrons. The summed E-state index contributed by atoms with van der Waals surface area (Å²) < 4.78 is 0. The largest absolute Gasteiger partial charge is 0.316 e. The predicted octanol–water partition coefficient (Wildman–Crippen LogP) is 4.83. The summed E-state index contributed by atoms with van der Waals surface area (Å²) in [6.45, 7) is 11.6. The zero-order valence-electron chi connectivity index (χ0n) is 12.9. The molecular weight excluding hydrogens is 250 g/mol. The molecule has 1 nitrogen and oxygen atoms in total. The van der Waals surface area contributed by atoms with Gasteiger partial charge in [-0.3, -0.25) is 0 Å². The van der Waals surface area contributed by atoms with Crippen LogP contribution in [0.3, 0.4) is 0 Å². The summed E-state index contributed by atoms with van der Waals surface area (Å²) in [4.78, 5) is 1.39. The quantitative estimate of drug-likeness (QED) is 0.513. The zero-order chi connectivity index (χ0) is 14.1. The molecule has 0 aliphatic heterocycles. The van der Waals surface area contributed by atoms with Gasteiger partial charge in [0.15, 0.2) is 0 Å². The third kappa shape index (κ3) is 8.33. The summed E-state index contributed by atoms with van der Waals surface area (Å²) in [6, 6.07) is 10.7. The molecule has 1 aromatic carbocycles. The second-order valence-corrected chi connectivity index (χ2v) is 7.59. The molecule has 0 aliphatic rings. The molecule has 0 unspecified atom stereocenters. The Morgan fingerprint density at radius 2 is 1.79 bits per heavy atom. The number of nitrogens with one attached hydrogen (secondary N) is 1. The molecule has 1 N–H and O–H groups in total. The fraction of sp³-hybridized carbons (Fsp3) is 0.647. The van der Waals surface area contributed by atoms with Crippen LogP contribution in [-0.2, 0) is 0 Å². The van der Waals surface area contributed by atoms with Crippen molar-refractivity contribution in [2.75, 3.05) is 18.8 Å². The van der Waals surface area contributed by atoms with Gasteiger partial charge in [-0.1, -0.05) is 45.9 Å². The molecule has 1 rings (SSSR count). The van der Waals surface area contributed by atoms with Gasteiger partial charge < -0.3 is 5.32 Å². The van der Waals surface area contributed by atoms with Crippen LogP contribution in [-0.4, -0.2) is 18.8 Å². The van der Waals surface area contributed by atoms with Gasteiger partial charge in [0.25, 0.3) is 0 Å². The van der Waals surface area contributed by atoms with E-state index >= 15 is 0 Å². The molecule has 2 heteroatoms. The van der Waals surface area contributed by atoms with Gasteiger partial charge in [0.2, 0.25) is 0 Å². The standard InChI is InChI=1S/C17H29NS/c1-15(2)14-18-12-10-17(3,4)11-13-19-16-8-6-5-7-9-16/h5-9,15,18H,10-14H2,1-4H3. The molecule has 0 aliphatic carbocycles. The summed E-state index contributed by atoms with van der Waals surface area (Å²) in [6.07, 6.45) is 2.53. The van der Waals surface area contributed by atoms with Crippen LogP contribution >= 0.6 is 11.8 Å². The van der Waals surface area contributed by atoms with E-state index in [9.17, 15) is 0 Å². The average molecular weight is 279 g/mol. The lowest BCUT2D eigenvalue weighted by Gasteiger charge is -2.24.